The zero-order valence-corrected chi connectivity index (χ0v) is 13.4. The summed E-state index contributed by atoms with van der Waals surface area (Å²) in [4.78, 5) is 23.0. The van der Waals surface area contributed by atoms with Crippen molar-refractivity contribution in [2.24, 2.45) is 0 Å². The highest BCUT2D eigenvalue weighted by Crippen LogP contribution is 2.32. The molecule has 0 heterocycles. The lowest BCUT2D eigenvalue weighted by molar-refractivity contribution is -0.138. The number of carboxylic acids is 2. The van der Waals surface area contributed by atoms with Crippen molar-refractivity contribution in [2.75, 3.05) is 14.2 Å². The summed E-state index contributed by atoms with van der Waals surface area (Å²) >= 11 is 0. The number of benzene rings is 2. The lowest BCUT2D eigenvalue weighted by Gasteiger charge is -2.16. The van der Waals surface area contributed by atoms with Gasteiger partial charge in [-0.2, -0.15) is 0 Å². The Bertz CT molecular complexity index is 753. The van der Waals surface area contributed by atoms with Crippen LogP contribution in [-0.4, -0.2) is 36.4 Å². The van der Waals surface area contributed by atoms with Crippen LogP contribution in [0.3, 0.4) is 0 Å². The molecule has 2 N–H and O–H groups in total. The number of ether oxygens (including phenoxy) is 2. The van der Waals surface area contributed by atoms with Crippen molar-refractivity contribution in [1.82, 2.24) is 0 Å². The second-order valence-corrected chi connectivity index (χ2v) is 5.17. The van der Waals surface area contributed by atoms with E-state index in [-0.39, 0.29) is 12.0 Å². The summed E-state index contributed by atoms with van der Waals surface area (Å²) in [6, 6.07) is 11.3. The minimum atomic E-state index is -1.08. The maximum absolute atomic E-state index is 11.7. The fraction of sp³-hybridized carbons (Fsp3) is 0.222. The van der Waals surface area contributed by atoms with Gasteiger partial charge < -0.3 is 19.7 Å². The Labute approximate surface area is 139 Å². The first-order chi connectivity index (χ1) is 11.5. The smallest absolute Gasteiger partial charge is 0.335 e. The van der Waals surface area contributed by atoms with E-state index in [9.17, 15) is 19.8 Å². The number of carboxylic acid groups (broad SMARTS) is 2. The molecule has 2 rings (SSSR count). The molecule has 0 aromatic heterocycles. The number of methoxy groups -OCH3 is 2. The molecule has 0 aliphatic rings. The van der Waals surface area contributed by atoms with Crippen LogP contribution in [0.1, 0.15) is 27.4 Å². The summed E-state index contributed by atoms with van der Waals surface area (Å²) in [6.07, 6.45) is 0.0628. The number of rotatable bonds is 7. The molecule has 0 bridgehead atoms. The van der Waals surface area contributed by atoms with Crippen molar-refractivity contribution >= 4 is 11.9 Å². The van der Waals surface area contributed by atoms with E-state index in [0.717, 1.165) is 0 Å². The topological polar surface area (TPSA) is 93.1 Å². The van der Waals surface area contributed by atoms with Gasteiger partial charge in [-0.3, -0.25) is 4.79 Å². The fourth-order valence-corrected chi connectivity index (χ4v) is 2.54. The van der Waals surface area contributed by atoms with E-state index in [0.29, 0.717) is 22.6 Å². The quantitative estimate of drug-likeness (QED) is 0.811. The third kappa shape index (κ3) is 3.65. The van der Waals surface area contributed by atoms with Gasteiger partial charge in [-0.05, 0) is 35.7 Å². The maximum Gasteiger partial charge on any atom is 0.335 e. The minimum Gasteiger partial charge on any atom is -0.493 e. The van der Waals surface area contributed by atoms with Gasteiger partial charge in [-0.15, -0.1) is 0 Å². The molecule has 2 aromatic rings. The molecule has 0 fully saturated rings. The van der Waals surface area contributed by atoms with E-state index >= 15 is 0 Å². The molecule has 2 aromatic carbocycles. The molecule has 0 spiro atoms. The molecule has 0 saturated carbocycles. The van der Waals surface area contributed by atoms with Crippen LogP contribution in [0.2, 0.25) is 0 Å². The normalized spacial score (nSPS) is 11.6. The van der Waals surface area contributed by atoms with Crippen LogP contribution in [0, 0.1) is 0 Å². The van der Waals surface area contributed by atoms with Crippen molar-refractivity contribution in [2.45, 2.75) is 12.3 Å². The van der Waals surface area contributed by atoms with Crippen LogP contribution < -0.4 is 9.47 Å². The van der Waals surface area contributed by atoms with Crippen molar-refractivity contribution in [3.63, 3.8) is 0 Å². The van der Waals surface area contributed by atoms with Gasteiger partial charge in [-0.1, -0.05) is 24.3 Å². The molecule has 6 heteroatoms. The van der Waals surface area contributed by atoms with Gasteiger partial charge in [-0.25, -0.2) is 4.79 Å². The molecule has 1 unspecified atom stereocenters. The highest BCUT2D eigenvalue weighted by molar-refractivity contribution is 5.89. The van der Waals surface area contributed by atoms with E-state index in [1.54, 1.807) is 36.4 Å². The molecule has 6 nitrogen and oxygen atoms in total. The molecule has 24 heavy (non-hydrogen) atoms. The molecule has 1 atom stereocenters. The third-order valence-corrected chi connectivity index (χ3v) is 3.78. The number of hydrogen-bond acceptors (Lipinski definition) is 4. The molecule has 0 radical (unpaired) electrons. The summed E-state index contributed by atoms with van der Waals surface area (Å²) in [6.45, 7) is 0. The van der Waals surface area contributed by atoms with E-state index in [4.69, 9.17) is 9.47 Å². The van der Waals surface area contributed by atoms with Gasteiger partial charge in [0.15, 0.2) is 11.5 Å². The second kappa shape index (κ2) is 7.50. The number of hydrogen-bond donors (Lipinski definition) is 2. The lowest BCUT2D eigenvalue weighted by atomic mass is 9.90. The Kier molecular flexibility index (Phi) is 5.42. The molecule has 0 saturated heterocycles. The first kappa shape index (κ1) is 17.3. The summed E-state index contributed by atoms with van der Waals surface area (Å²) in [7, 11) is 2.96. The summed E-state index contributed by atoms with van der Waals surface area (Å²) in [5, 5.41) is 18.8. The first-order valence-corrected chi connectivity index (χ1v) is 7.23. The zero-order chi connectivity index (χ0) is 17.7. The zero-order valence-electron chi connectivity index (χ0n) is 13.4. The second-order valence-electron chi connectivity index (χ2n) is 5.17. The molecule has 126 valence electrons. The van der Waals surface area contributed by atoms with E-state index in [1.165, 1.54) is 20.3 Å². The van der Waals surface area contributed by atoms with Crippen LogP contribution in [-0.2, 0) is 11.2 Å². The largest absolute Gasteiger partial charge is 0.493 e. The van der Waals surface area contributed by atoms with Gasteiger partial charge in [0.2, 0.25) is 0 Å². The Balaban J connectivity index is 2.41. The number of aromatic carboxylic acids is 1. The van der Waals surface area contributed by atoms with E-state index in [2.05, 4.69) is 0 Å². The maximum atomic E-state index is 11.7. The summed E-state index contributed by atoms with van der Waals surface area (Å²) in [5.41, 5.74) is 1.08. The average molecular weight is 330 g/mol. The van der Waals surface area contributed by atoms with Gasteiger partial charge in [0.05, 0.1) is 25.7 Å². The Hall–Kier alpha value is -3.02. The van der Waals surface area contributed by atoms with Crippen LogP contribution in [0.15, 0.2) is 42.5 Å². The van der Waals surface area contributed by atoms with Gasteiger partial charge in [0.1, 0.15) is 0 Å². The number of carbonyl (C=O) groups is 2. The molecule has 0 amide bonds. The Morgan fingerprint density at radius 1 is 1.00 bits per heavy atom. The number of aliphatic carboxylic acids is 1. The Morgan fingerprint density at radius 3 is 2.25 bits per heavy atom. The minimum absolute atomic E-state index is 0.0628. The molecular formula is C18H18O6. The van der Waals surface area contributed by atoms with E-state index < -0.39 is 17.9 Å². The van der Waals surface area contributed by atoms with Crippen LogP contribution in [0.25, 0.3) is 0 Å². The predicted molar refractivity (Wildman–Crippen MR) is 87.0 cm³/mol. The van der Waals surface area contributed by atoms with Crippen molar-refractivity contribution < 1.29 is 29.3 Å². The van der Waals surface area contributed by atoms with Crippen LogP contribution in [0.4, 0.5) is 0 Å². The van der Waals surface area contributed by atoms with Gasteiger partial charge >= 0.3 is 11.9 Å². The highest BCUT2D eigenvalue weighted by atomic mass is 16.5. The summed E-state index contributed by atoms with van der Waals surface area (Å²) in [5.74, 6) is -2.10. The van der Waals surface area contributed by atoms with Crippen molar-refractivity contribution in [3.8, 4) is 11.5 Å². The molecule has 0 aliphatic carbocycles. The Morgan fingerprint density at radius 2 is 1.67 bits per heavy atom. The van der Waals surface area contributed by atoms with Crippen molar-refractivity contribution in [1.29, 1.82) is 0 Å². The lowest BCUT2D eigenvalue weighted by Crippen LogP contribution is -2.16. The van der Waals surface area contributed by atoms with Gasteiger partial charge in [0.25, 0.3) is 0 Å². The molecule has 0 aliphatic heterocycles. The molecular weight excluding hydrogens is 312 g/mol. The predicted octanol–water partition coefficient (Wildman–Crippen LogP) is 2.81. The first-order valence-electron chi connectivity index (χ1n) is 7.23. The van der Waals surface area contributed by atoms with Gasteiger partial charge in [0, 0.05) is 0 Å². The monoisotopic (exact) mass is 330 g/mol. The standard InChI is InChI=1S/C18H18O6/c1-23-15-8-7-12(10-16(15)24-2)14(18(21)22)9-11-5-3-4-6-13(11)17(19)20/h3-8,10,14H,9H2,1-2H3,(H,19,20)(H,21,22). The summed E-state index contributed by atoms with van der Waals surface area (Å²) < 4.78 is 10.4. The SMILES string of the molecule is COc1ccc(C(Cc2ccccc2C(=O)O)C(=O)O)cc1OC. The van der Waals surface area contributed by atoms with Crippen LogP contribution in [0.5, 0.6) is 11.5 Å². The fourth-order valence-electron chi connectivity index (χ4n) is 2.54. The third-order valence-electron chi connectivity index (χ3n) is 3.78. The van der Waals surface area contributed by atoms with E-state index in [1.807, 2.05) is 0 Å². The average Bonchev–Trinajstić information content (AvgIpc) is 2.59. The van der Waals surface area contributed by atoms with Crippen molar-refractivity contribution in [3.05, 3.63) is 59.2 Å². The highest BCUT2D eigenvalue weighted by Gasteiger charge is 2.24. The van der Waals surface area contributed by atoms with Crippen LogP contribution >= 0.6 is 0 Å².